The molecule has 0 fully saturated rings. The lowest BCUT2D eigenvalue weighted by Gasteiger charge is -2.30. The first-order valence-electron chi connectivity index (χ1n) is 5.15. The van der Waals surface area contributed by atoms with Crippen molar-refractivity contribution in [1.82, 2.24) is 9.97 Å². The average Bonchev–Trinajstić information content (AvgIpc) is 2.37. The predicted octanol–water partition coefficient (Wildman–Crippen LogP) is -2.78. The van der Waals surface area contributed by atoms with E-state index in [1.807, 2.05) is 0 Å². The van der Waals surface area contributed by atoms with Crippen molar-refractivity contribution < 1.29 is 28.7 Å². The molecule has 0 unspecified atom stereocenters. The first-order chi connectivity index (χ1) is 9.18. The van der Waals surface area contributed by atoms with Crippen molar-refractivity contribution in [2.45, 2.75) is 0 Å². The molecule has 0 spiro atoms. The first kappa shape index (κ1) is 15.0. The third-order valence-electron chi connectivity index (χ3n) is 2.38. The Kier molecular flexibility index (Phi) is 3.88. The smallest absolute Gasteiger partial charge is 0.0892 e. The molecule has 2 heterocycles. The van der Waals surface area contributed by atoms with Gasteiger partial charge in [-0.25, -0.2) is 0 Å². The van der Waals surface area contributed by atoms with Gasteiger partial charge in [-0.2, -0.15) is 0 Å². The average molecular weight is 312 g/mol. The maximum Gasteiger partial charge on any atom is 0.0892 e. The number of hydrogen-bond donors (Lipinski definition) is 0. The Hall–Kier alpha value is -1.40. The van der Waals surface area contributed by atoms with Crippen molar-refractivity contribution in [2.24, 2.45) is 0 Å². The molecule has 0 aliphatic carbocycles. The van der Waals surface area contributed by atoms with Crippen LogP contribution in [0.15, 0.2) is 36.7 Å². The summed E-state index contributed by atoms with van der Waals surface area (Å²) in [6, 6.07) is 3.96. The highest BCUT2D eigenvalue weighted by Crippen LogP contribution is 2.26. The molecule has 2 aromatic rings. The molecule has 0 aliphatic heterocycles. The summed E-state index contributed by atoms with van der Waals surface area (Å²) < 4.78 is 21.8. The topological polar surface area (TPSA) is 152 Å². The molecule has 20 heavy (non-hydrogen) atoms. The fraction of sp³-hybridized carbons (Fsp3) is 0. The second-order valence-electron chi connectivity index (χ2n) is 3.79. The van der Waals surface area contributed by atoms with Crippen LogP contribution in [0.4, 0.5) is 0 Å². The predicted molar refractivity (Wildman–Crippen MR) is 61.9 cm³/mol. The van der Waals surface area contributed by atoms with Gasteiger partial charge < -0.3 is 28.7 Å². The number of nitrogens with zero attached hydrogens (tertiary/aromatic N) is 2. The van der Waals surface area contributed by atoms with Crippen LogP contribution in [0.2, 0.25) is 0 Å². The minimum Gasteiger partial charge on any atom is -0.807 e. The number of aromatic nitrogens is 2. The van der Waals surface area contributed by atoms with E-state index >= 15 is 0 Å². The first-order valence-corrected chi connectivity index (χ1v) is 8.24. The standard InChI is InChI=1S/C10H10N2O6P2/c13-19(14,15)7-1-3-11-9(5-7)10-6-8(2-4-12-10)20(16,17)18/h1-6H,(H2,13,14,15)(H2,16,17,18)/p-4. The molecule has 0 bridgehead atoms. The van der Waals surface area contributed by atoms with Crippen LogP contribution in [0.1, 0.15) is 0 Å². The van der Waals surface area contributed by atoms with Crippen molar-refractivity contribution in [2.75, 3.05) is 0 Å². The van der Waals surface area contributed by atoms with Crippen molar-refractivity contribution >= 4 is 25.8 Å². The maximum absolute atomic E-state index is 10.9. The van der Waals surface area contributed by atoms with E-state index in [0.29, 0.717) is 0 Å². The Labute approximate surface area is 113 Å². The molecule has 0 atom stereocenters. The van der Waals surface area contributed by atoms with E-state index in [4.69, 9.17) is 0 Å². The summed E-state index contributed by atoms with van der Waals surface area (Å²) in [4.78, 5) is 51.3. The molecule has 106 valence electrons. The van der Waals surface area contributed by atoms with Gasteiger partial charge in [0.2, 0.25) is 0 Å². The molecule has 0 radical (unpaired) electrons. The van der Waals surface area contributed by atoms with E-state index in [1.54, 1.807) is 0 Å². The van der Waals surface area contributed by atoms with Crippen LogP contribution in [-0.4, -0.2) is 9.97 Å². The Morgan fingerprint density at radius 2 is 1.10 bits per heavy atom. The van der Waals surface area contributed by atoms with Gasteiger partial charge in [0.15, 0.2) is 0 Å². The van der Waals surface area contributed by atoms with Gasteiger partial charge >= 0.3 is 0 Å². The van der Waals surface area contributed by atoms with Gasteiger partial charge in [-0.3, -0.25) is 9.97 Å². The van der Waals surface area contributed by atoms with Gasteiger partial charge in [-0.1, -0.05) is 0 Å². The Morgan fingerprint density at radius 1 is 0.750 bits per heavy atom. The third-order valence-corrected chi connectivity index (χ3v) is 4.20. The zero-order valence-electron chi connectivity index (χ0n) is 9.70. The largest absolute Gasteiger partial charge is 0.807 e. The lowest BCUT2D eigenvalue weighted by molar-refractivity contribution is -0.309. The van der Waals surface area contributed by atoms with Crippen molar-refractivity contribution in [3.8, 4) is 11.4 Å². The van der Waals surface area contributed by atoms with Gasteiger partial charge in [0.05, 0.1) is 11.4 Å². The van der Waals surface area contributed by atoms with Crippen molar-refractivity contribution in [3.63, 3.8) is 0 Å². The zero-order valence-corrected chi connectivity index (χ0v) is 11.5. The van der Waals surface area contributed by atoms with E-state index in [-0.39, 0.29) is 11.4 Å². The minimum atomic E-state index is -4.96. The van der Waals surface area contributed by atoms with Gasteiger partial charge in [0.1, 0.15) is 0 Å². The summed E-state index contributed by atoms with van der Waals surface area (Å²) in [7, 11) is -9.91. The van der Waals surface area contributed by atoms with Gasteiger partial charge in [-0.05, 0) is 50.1 Å². The van der Waals surface area contributed by atoms with Crippen LogP contribution in [0, 0.1) is 0 Å². The molecular weight excluding hydrogens is 306 g/mol. The summed E-state index contributed by atoms with van der Waals surface area (Å²) in [5, 5.41) is -0.996. The second kappa shape index (κ2) is 5.18. The van der Waals surface area contributed by atoms with E-state index in [1.165, 1.54) is 0 Å². The van der Waals surface area contributed by atoms with E-state index < -0.39 is 25.8 Å². The highest BCUT2D eigenvalue weighted by atomic mass is 31.2. The Balaban J connectivity index is 2.53. The molecular formula is C10H6N2O6P2-4. The quantitative estimate of drug-likeness (QED) is 0.552. The highest BCUT2D eigenvalue weighted by molar-refractivity contribution is 7.57. The third kappa shape index (κ3) is 3.37. The molecule has 0 amide bonds. The van der Waals surface area contributed by atoms with Gasteiger partial charge in [0.25, 0.3) is 0 Å². The van der Waals surface area contributed by atoms with Crippen LogP contribution < -0.4 is 30.2 Å². The minimum absolute atomic E-state index is 0.0234. The van der Waals surface area contributed by atoms with Gasteiger partial charge in [-0.15, -0.1) is 0 Å². The summed E-state index contributed by atoms with van der Waals surface area (Å²) in [6.07, 6.45) is 2.16. The number of hydrogen-bond acceptors (Lipinski definition) is 8. The number of pyridine rings is 2. The van der Waals surface area contributed by atoms with Crippen LogP contribution in [-0.2, 0) is 9.13 Å². The van der Waals surface area contributed by atoms with E-state index in [0.717, 1.165) is 36.7 Å². The molecule has 0 N–H and O–H groups in total. The molecule has 10 heteroatoms. The molecule has 2 aromatic heterocycles. The SMILES string of the molecule is O=P([O-])([O-])c1ccnc(-c2cc(P(=O)([O-])[O-])ccn2)c1. The summed E-state index contributed by atoms with van der Waals surface area (Å²) in [6.45, 7) is 0. The summed E-state index contributed by atoms with van der Waals surface area (Å²) in [5.74, 6) is 0. The number of rotatable bonds is 3. The normalized spacial score (nSPS) is 12.4. The Morgan fingerprint density at radius 3 is 1.40 bits per heavy atom. The van der Waals surface area contributed by atoms with Crippen molar-refractivity contribution in [1.29, 1.82) is 0 Å². The van der Waals surface area contributed by atoms with Crippen LogP contribution in [0.3, 0.4) is 0 Å². The molecule has 0 saturated carbocycles. The molecule has 0 aliphatic rings. The monoisotopic (exact) mass is 312 g/mol. The fourth-order valence-corrected chi connectivity index (χ4v) is 2.52. The van der Waals surface area contributed by atoms with Crippen LogP contribution >= 0.6 is 15.2 Å². The zero-order chi connectivity index (χ0) is 15.0. The van der Waals surface area contributed by atoms with Crippen molar-refractivity contribution in [3.05, 3.63) is 36.7 Å². The van der Waals surface area contributed by atoms with Crippen LogP contribution in [0.5, 0.6) is 0 Å². The highest BCUT2D eigenvalue weighted by Gasteiger charge is 2.06. The lowest BCUT2D eigenvalue weighted by Crippen LogP contribution is -2.26. The molecule has 2 rings (SSSR count). The maximum atomic E-state index is 10.9. The van der Waals surface area contributed by atoms with Crippen LogP contribution in [0.25, 0.3) is 11.4 Å². The van der Waals surface area contributed by atoms with E-state index in [9.17, 15) is 28.7 Å². The lowest BCUT2D eigenvalue weighted by atomic mass is 10.2. The molecule has 0 saturated heterocycles. The molecule has 0 aromatic carbocycles. The second-order valence-corrected chi connectivity index (χ2v) is 6.82. The Bertz CT molecular complexity index is 675. The summed E-state index contributed by atoms with van der Waals surface area (Å²) >= 11 is 0. The molecule has 8 nitrogen and oxygen atoms in total. The van der Waals surface area contributed by atoms with E-state index in [2.05, 4.69) is 9.97 Å². The summed E-state index contributed by atoms with van der Waals surface area (Å²) in [5.41, 5.74) is -0.0468. The van der Waals surface area contributed by atoms with Gasteiger partial charge in [0, 0.05) is 12.4 Å². The fourth-order valence-electron chi connectivity index (χ4n) is 1.46.